The molecule has 0 N–H and O–H groups in total. The van der Waals surface area contributed by atoms with E-state index >= 15 is 0 Å². The minimum Gasteiger partial charge on any atom is -0.494 e. The molecule has 0 bridgehead atoms. The second kappa shape index (κ2) is 5.99. The van der Waals surface area contributed by atoms with E-state index in [1.165, 1.54) is 0 Å². The van der Waals surface area contributed by atoms with Gasteiger partial charge in [0, 0.05) is 12.7 Å². The highest BCUT2D eigenvalue weighted by atomic mass is 16.5. The van der Waals surface area contributed by atoms with Crippen molar-refractivity contribution in [1.82, 2.24) is 4.57 Å². The van der Waals surface area contributed by atoms with E-state index in [-0.39, 0.29) is 17.6 Å². The summed E-state index contributed by atoms with van der Waals surface area (Å²) < 4.78 is 12.2. The summed E-state index contributed by atoms with van der Waals surface area (Å²) in [6.45, 7) is 6.43. The number of carbonyl (C=O) groups is 1. The molecule has 1 heterocycles. The molecule has 5 heteroatoms. The third kappa shape index (κ3) is 2.51. The Morgan fingerprint density at radius 3 is 2.57 bits per heavy atom. The van der Waals surface area contributed by atoms with E-state index in [1.54, 1.807) is 26.3 Å². The second-order valence-electron chi connectivity index (χ2n) is 4.69. The summed E-state index contributed by atoms with van der Waals surface area (Å²) in [7, 11) is 1.57. The van der Waals surface area contributed by atoms with Crippen LogP contribution in [0, 0.1) is 6.92 Å². The fraction of sp³-hybridized carbons (Fsp3) is 0.375. The number of methoxy groups -OCH3 is 1. The van der Waals surface area contributed by atoms with Gasteiger partial charge < -0.3 is 14.0 Å². The number of ether oxygens (including phenoxy) is 2. The number of nitrogens with zero attached hydrogens (tertiary/aromatic N) is 1. The zero-order valence-corrected chi connectivity index (χ0v) is 12.7. The number of aryl methyl sites for hydroxylation is 2. The fourth-order valence-corrected chi connectivity index (χ4v) is 2.43. The van der Waals surface area contributed by atoms with Crippen LogP contribution >= 0.6 is 0 Å². The average Bonchev–Trinajstić information content (AvgIpc) is 2.47. The monoisotopic (exact) mass is 289 g/mol. The molecule has 1 aromatic heterocycles. The van der Waals surface area contributed by atoms with Gasteiger partial charge in [0.2, 0.25) is 5.43 Å². The number of benzene rings is 1. The van der Waals surface area contributed by atoms with E-state index in [0.29, 0.717) is 23.2 Å². The largest absolute Gasteiger partial charge is 0.494 e. The topological polar surface area (TPSA) is 57.5 Å². The minimum absolute atomic E-state index is 0.0529. The quantitative estimate of drug-likeness (QED) is 0.812. The second-order valence-corrected chi connectivity index (χ2v) is 4.69. The van der Waals surface area contributed by atoms with Gasteiger partial charge in [-0.15, -0.1) is 0 Å². The van der Waals surface area contributed by atoms with Crippen molar-refractivity contribution in [2.24, 2.45) is 0 Å². The van der Waals surface area contributed by atoms with Crippen LogP contribution in [0.4, 0.5) is 0 Å². The molecule has 0 aliphatic carbocycles. The number of aromatic nitrogens is 1. The molecule has 0 amide bonds. The van der Waals surface area contributed by atoms with E-state index < -0.39 is 5.97 Å². The molecular weight excluding hydrogens is 270 g/mol. The molecule has 0 atom stereocenters. The summed E-state index contributed by atoms with van der Waals surface area (Å²) in [6.07, 6.45) is 1.55. The average molecular weight is 289 g/mol. The van der Waals surface area contributed by atoms with Gasteiger partial charge in [-0.2, -0.15) is 0 Å². The van der Waals surface area contributed by atoms with Crippen LogP contribution in [0.3, 0.4) is 0 Å². The van der Waals surface area contributed by atoms with Crippen molar-refractivity contribution in [3.8, 4) is 5.75 Å². The summed E-state index contributed by atoms with van der Waals surface area (Å²) >= 11 is 0. The number of hydrogen-bond acceptors (Lipinski definition) is 4. The lowest BCUT2D eigenvalue weighted by molar-refractivity contribution is 0.0524. The van der Waals surface area contributed by atoms with Crippen LogP contribution in [0.5, 0.6) is 5.75 Å². The standard InChI is InChI=1S/C16H19NO4/c1-5-17-9-12(16(19)21-6-2)14(18)11-8-7-10(3)15(20-4)13(11)17/h7-9H,5-6H2,1-4H3. The van der Waals surface area contributed by atoms with Gasteiger partial charge in [-0.25, -0.2) is 4.79 Å². The number of pyridine rings is 1. The van der Waals surface area contributed by atoms with E-state index in [0.717, 1.165) is 5.56 Å². The zero-order valence-electron chi connectivity index (χ0n) is 12.7. The van der Waals surface area contributed by atoms with Crippen molar-refractivity contribution >= 4 is 16.9 Å². The molecule has 0 aliphatic rings. The number of rotatable bonds is 4. The molecule has 2 aromatic rings. The molecule has 0 saturated heterocycles. The lowest BCUT2D eigenvalue weighted by Gasteiger charge is -2.15. The maximum Gasteiger partial charge on any atom is 0.343 e. The van der Waals surface area contributed by atoms with Crippen LogP contribution in [0.1, 0.15) is 29.8 Å². The van der Waals surface area contributed by atoms with Crippen molar-refractivity contribution in [2.75, 3.05) is 13.7 Å². The molecule has 0 aliphatic heterocycles. The Labute approximate surface area is 123 Å². The first-order valence-electron chi connectivity index (χ1n) is 6.93. The SMILES string of the molecule is CCOC(=O)c1cn(CC)c2c(OC)c(C)ccc2c1=O. The van der Waals surface area contributed by atoms with Crippen molar-refractivity contribution in [3.05, 3.63) is 39.7 Å². The Hall–Kier alpha value is -2.30. The molecular formula is C16H19NO4. The third-order valence-corrected chi connectivity index (χ3v) is 3.43. The number of carbonyl (C=O) groups excluding carboxylic acids is 1. The predicted molar refractivity (Wildman–Crippen MR) is 81.1 cm³/mol. The highest BCUT2D eigenvalue weighted by molar-refractivity contribution is 5.95. The molecule has 21 heavy (non-hydrogen) atoms. The first kappa shape index (κ1) is 15.1. The normalized spacial score (nSPS) is 10.7. The van der Waals surface area contributed by atoms with E-state index in [4.69, 9.17) is 9.47 Å². The number of fused-ring (bicyclic) bond motifs is 1. The first-order chi connectivity index (χ1) is 10.0. The summed E-state index contributed by atoms with van der Waals surface area (Å²) in [5.74, 6) is 0.0630. The smallest absolute Gasteiger partial charge is 0.343 e. The van der Waals surface area contributed by atoms with Crippen LogP contribution < -0.4 is 10.2 Å². The summed E-state index contributed by atoms with van der Waals surface area (Å²) in [5.41, 5.74) is 1.37. The van der Waals surface area contributed by atoms with E-state index in [9.17, 15) is 9.59 Å². The molecule has 0 spiro atoms. The molecule has 2 rings (SSSR count). The van der Waals surface area contributed by atoms with Gasteiger partial charge in [0.15, 0.2) is 0 Å². The van der Waals surface area contributed by atoms with Crippen LogP contribution in [0.2, 0.25) is 0 Å². The van der Waals surface area contributed by atoms with Gasteiger partial charge in [-0.3, -0.25) is 4.79 Å². The maximum absolute atomic E-state index is 12.5. The molecule has 0 saturated carbocycles. The molecule has 0 unspecified atom stereocenters. The molecule has 0 radical (unpaired) electrons. The van der Waals surface area contributed by atoms with Crippen molar-refractivity contribution in [1.29, 1.82) is 0 Å². The van der Waals surface area contributed by atoms with Crippen LogP contribution in [-0.4, -0.2) is 24.3 Å². The van der Waals surface area contributed by atoms with E-state index in [2.05, 4.69) is 0 Å². The van der Waals surface area contributed by atoms with Gasteiger partial charge in [0.05, 0.1) is 24.6 Å². The van der Waals surface area contributed by atoms with Gasteiger partial charge in [0.25, 0.3) is 0 Å². The number of esters is 1. The predicted octanol–water partition coefficient (Wildman–Crippen LogP) is 2.52. The Balaban J connectivity index is 2.86. The van der Waals surface area contributed by atoms with Gasteiger partial charge >= 0.3 is 5.97 Å². The highest BCUT2D eigenvalue weighted by Gasteiger charge is 2.19. The minimum atomic E-state index is -0.592. The van der Waals surface area contributed by atoms with Crippen molar-refractivity contribution in [2.45, 2.75) is 27.3 Å². The summed E-state index contributed by atoms with van der Waals surface area (Å²) in [4.78, 5) is 24.5. The van der Waals surface area contributed by atoms with Crippen LogP contribution in [0.25, 0.3) is 10.9 Å². The highest BCUT2D eigenvalue weighted by Crippen LogP contribution is 2.28. The maximum atomic E-state index is 12.5. The molecule has 1 aromatic carbocycles. The van der Waals surface area contributed by atoms with Crippen LogP contribution in [-0.2, 0) is 11.3 Å². The van der Waals surface area contributed by atoms with Crippen molar-refractivity contribution in [3.63, 3.8) is 0 Å². The number of hydrogen-bond donors (Lipinski definition) is 0. The van der Waals surface area contributed by atoms with Gasteiger partial charge in [-0.05, 0) is 32.4 Å². The lowest BCUT2D eigenvalue weighted by atomic mass is 10.1. The Kier molecular flexibility index (Phi) is 4.31. The van der Waals surface area contributed by atoms with Crippen molar-refractivity contribution < 1.29 is 14.3 Å². The van der Waals surface area contributed by atoms with Crippen LogP contribution in [0.15, 0.2) is 23.1 Å². The molecule has 0 fully saturated rings. The molecule has 5 nitrogen and oxygen atoms in total. The lowest BCUT2D eigenvalue weighted by Crippen LogP contribution is -2.21. The fourth-order valence-electron chi connectivity index (χ4n) is 2.43. The zero-order chi connectivity index (χ0) is 15.6. The summed E-state index contributed by atoms with van der Waals surface area (Å²) in [5, 5.41) is 0.463. The van der Waals surface area contributed by atoms with Gasteiger partial charge in [-0.1, -0.05) is 6.07 Å². The molecule has 112 valence electrons. The first-order valence-corrected chi connectivity index (χ1v) is 6.93. The van der Waals surface area contributed by atoms with E-state index in [1.807, 2.05) is 24.5 Å². The Bertz CT molecular complexity index is 746. The Morgan fingerprint density at radius 2 is 2.00 bits per heavy atom. The van der Waals surface area contributed by atoms with Gasteiger partial charge in [0.1, 0.15) is 11.3 Å². The summed E-state index contributed by atoms with van der Waals surface area (Å²) in [6, 6.07) is 3.54. The Morgan fingerprint density at radius 1 is 1.29 bits per heavy atom. The third-order valence-electron chi connectivity index (χ3n) is 3.43.